The van der Waals surface area contributed by atoms with Crippen molar-refractivity contribution in [2.24, 2.45) is 0 Å². The monoisotopic (exact) mass is 289 g/mol. The zero-order chi connectivity index (χ0) is 15.2. The minimum Gasteiger partial charge on any atom is -0.385 e. The number of hydrogen-bond acceptors (Lipinski definition) is 4. The molecule has 0 atom stereocenters. The first kappa shape index (κ1) is 14.8. The Labute approximate surface area is 122 Å². The number of para-hydroxylation sites is 1. The van der Waals surface area contributed by atoms with E-state index in [4.69, 9.17) is 0 Å². The molecule has 0 radical (unpaired) electrons. The SMILES string of the molecule is CCCNc1cc(Nc2ccccc2F)cc([N+](=O)[O-])c1. The Morgan fingerprint density at radius 2 is 1.90 bits per heavy atom. The van der Waals surface area contributed by atoms with Gasteiger partial charge in [0, 0.05) is 30.1 Å². The molecule has 0 aliphatic heterocycles. The third-order valence-electron chi connectivity index (χ3n) is 2.86. The Morgan fingerprint density at radius 1 is 1.19 bits per heavy atom. The van der Waals surface area contributed by atoms with Crippen LogP contribution in [0.1, 0.15) is 13.3 Å². The topological polar surface area (TPSA) is 67.2 Å². The maximum absolute atomic E-state index is 13.6. The summed E-state index contributed by atoms with van der Waals surface area (Å²) in [4.78, 5) is 10.5. The Hall–Kier alpha value is -2.63. The first-order valence-electron chi connectivity index (χ1n) is 6.65. The lowest BCUT2D eigenvalue weighted by molar-refractivity contribution is -0.384. The summed E-state index contributed by atoms with van der Waals surface area (Å²) < 4.78 is 13.6. The van der Waals surface area contributed by atoms with Crippen LogP contribution in [0, 0.1) is 15.9 Å². The highest BCUT2D eigenvalue weighted by Crippen LogP contribution is 2.27. The average molecular weight is 289 g/mol. The van der Waals surface area contributed by atoms with E-state index in [1.165, 1.54) is 18.2 Å². The van der Waals surface area contributed by atoms with E-state index in [2.05, 4.69) is 10.6 Å². The van der Waals surface area contributed by atoms with Gasteiger partial charge in [0.15, 0.2) is 0 Å². The largest absolute Gasteiger partial charge is 0.385 e. The van der Waals surface area contributed by atoms with Crippen LogP contribution >= 0.6 is 0 Å². The molecule has 110 valence electrons. The Kier molecular flexibility index (Phi) is 4.71. The summed E-state index contributed by atoms with van der Waals surface area (Å²) in [5.74, 6) is -0.410. The van der Waals surface area contributed by atoms with E-state index >= 15 is 0 Å². The number of nitro groups is 1. The van der Waals surface area contributed by atoms with Gasteiger partial charge in [-0.2, -0.15) is 0 Å². The van der Waals surface area contributed by atoms with Gasteiger partial charge in [-0.1, -0.05) is 19.1 Å². The fourth-order valence-corrected chi connectivity index (χ4v) is 1.88. The third kappa shape index (κ3) is 3.92. The van der Waals surface area contributed by atoms with E-state index in [-0.39, 0.29) is 11.4 Å². The van der Waals surface area contributed by atoms with Gasteiger partial charge in [0.05, 0.1) is 10.6 Å². The fraction of sp³-hybridized carbons (Fsp3) is 0.200. The molecule has 0 aromatic heterocycles. The predicted octanol–water partition coefficient (Wildman–Crippen LogP) is 4.30. The summed E-state index contributed by atoms with van der Waals surface area (Å²) in [5, 5.41) is 16.9. The van der Waals surface area contributed by atoms with Gasteiger partial charge in [-0.15, -0.1) is 0 Å². The molecular formula is C15H16FN3O2. The maximum Gasteiger partial charge on any atom is 0.273 e. The number of nitrogens with zero attached hydrogens (tertiary/aromatic N) is 1. The van der Waals surface area contributed by atoms with E-state index < -0.39 is 10.7 Å². The molecule has 0 unspecified atom stereocenters. The second-order valence-corrected chi connectivity index (χ2v) is 4.56. The Morgan fingerprint density at radius 3 is 2.57 bits per heavy atom. The second kappa shape index (κ2) is 6.69. The maximum atomic E-state index is 13.6. The predicted molar refractivity (Wildman–Crippen MR) is 81.6 cm³/mol. The van der Waals surface area contributed by atoms with Crippen LogP contribution < -0.4 is 10.6 Å². The van der Waals surface area contributed by atoms with Gasteiger partial charge in [-0.05, 0) is 24.6 Å². The van der Waals surface area contributed by atoms with Crippen molar-refractivity contribution in [2.45, 2.75) is 13.3 Å². The summed E-state index contributed by atoms with van der Waals surface area (Å²) in [7, 11) is 0. The molecule has 21 heavy (non-hydrogen) atoms. The molecule has 0 aliphatic rings. The molecule has 0 amide bonds. The van der Waals surface area contributed by atoms with Crippen LogP contribution in [0.2, 0.25) is 0 Å². The van der Waals surface area contributed by atoms with Crippen molar-refractivity contribution in [2.75, 3.05) is 17.2 Å². The van der Waals surface area contributed by atoms with E-state index in [0.717, 1.165) is 6.42 Å². The molecule has 2 aromatic carbocycles. The van der Waals surface area contributed by atoms with Crippen LogP contribution in [0.3, 0.4) is 0 Å². The zero-order valence-electron chi connectivity index (χ0n) is 11.6. The van der Waals surface area contributed by atoms with Crippen LogP contribution in [0.5, 0.6) is 0 Å². The Bertz CT molecular complexity index is 647. The zero-order valence-corrected chi connectivity index (χ0v) is 11.6. The number of nitro benzene ring substituents is 1. The minimum atomic E-state index is -0.469. The molecule has 2 N–H and O–H groups in total. The highest BCUT2D eigenvalue weighted by molar-refractivity contribution is 5.69. The number of hydrogen-bond donors (Lipinski definition) is 2. The van der Waals surface area contributed by atoms with Gasteiger partial charge in [-0.3, -0.25) is 10.1 Å². The van der Waals surface area contributed by atoms with Gasteiger partial charge in [0.25, 0.3) is 5.69 Å². The van der Waals surface area contributed by atoms with Crippen molar-refractivity contribution in [3.8, 4) is 0 Å². The lowest BCUT2D eigenvalue weighted by atomic mass is 10.2. The summed E-state index contributed by atoms with van der Waals surface area (Å²) in [6.45, 7) is 2.71. The quantitative estimate of drug-likeness (QED) is 0.614. The normalized spacial score (nSPS) is 10.2. The van der Waals surface area contributed by atoms with E-state index in [9.17, 15) is 14.5 Å². The van der Waals surface area contributed by atoms with E-state index in [1.807, 2.05) is 6.92 Å². The molecule has 0 saturated carbocycles. The molecule has 2 aromatic rings. The van der Waals surface area contributed by atoms with Crippen molar-refractivity contribution in [1.82, 2.24) is 0 Å². The summed E-state index contributed by atoms with van der Waals surface area (Å²) in [6.07, 6.45) is 0.902. The second-order valence-electron chi connectivity index (χ2n) is 4.56. The van der Waals surface area contributed by atoms with E-state index in [1.54, 1.807) is 24.3 Å². The Balaban J connectivity index is 2.31. The fourth-order valence-electron chi connectivity index (χ4n) is 1.88. The minimum absolute atomic E-state index is 0.0463. The van der Waals surface area contributed by atoms with Gasteiger partial charge in [0.1, 0.15) is 5.82 Å². The average Bonchev–Trinajstić information content (AvgIpc) is 2.47. The van der Waals surface area contributed by atoms with Crippen LogP contribution in [-0.4, -0.2) is 11.5 Å². The molecule has 0 spiro atoms. The molecule has 0 heterocycles. The van der Waals surface area contributed by atoms with Gasteiger partial charge < -0.3 is 10.6 Å². The van der Waals surface area contributed by atoms with Gasteiger partial charge >= 0.3 is 0 Å². The van der Waals surface area contributed by atoms with Gasteiger partial charge in [-0.25, -0.2) is 4.39 Å². The number of halogens is 1. The molecule has 2 rings (SSSR count). The van der Waals surface area contributed by atoms with Gasteiger partial charge in [0.2, 0.25) is 0 Å². The van der Waals surface area contributed by atoms with Crippen molar-refractivity contribution in [3.05, 3.63) is 58.4 Å². The molecular weight excluding hydrogens is 273 g/mol. The first-order valence-corrected chi connectivity index (χ1v) is 6.65. The van der Waals surface area contributed by atoms with E-state index in [0.29, 0.717) is 17.9 Å². The molecule has 0 fully saturated rings. The molecule has 0 bridgehead atoms. The van der Waals surface area contributed by atoms with Crippen molar-refractivity contribution in [3.63, 3.8) is 0 Å². The number of rotatable bonds is 6. The summed E-state index contributed by atoms with van der Waals surface area (Å²) >= 11 is 0. The molecule has 6 heteroatoms. The summed E-state index contributed by atoms with van der Waals surface area (Å²) in [5.41, 5.74) is 1.33. The molecule has 5 nitrogen and oxygen atoms in total. The molecule has 0 aliphatic carbocycles. The highest BCUT2D eigenvalue weighted by atomic mass is 19.1. The third-order valence-corrected chi connectivity index (χ3v) is 2.86. The van der Waals surface area contributed by atoms with Crippen LogP contribution in [-0.2, 0) is 0 Å². The van der Waals surface area contributed by atoms with Crippen LogP contribution in [0.15, 0.2) is 42.5 Å². The summed E-state index contributed by atoms with van der Waals surface area (Å²) in [6, 6.07) is 10.7. The van der Waals surface area contributed by atoms with Crippen molar-refractivity contribution < 1.29 is 9.31 Å². The van der Waals surface area contributed by atoms with Crippen LogP contribution in [0.4, 0.5) is 27.1 Å². The standard InChI is InChI=1S/C15H16FN3O2/c1-2-7-17-11-8-12(10-13(9-11)19(20)21)18-15-6-4-3-5-14(15)16/h3-6,8-10,17-18H,2,7H2,1H3. The smallest absolute Gasteiger partial charge is 0.273 e. The number of benzene rings is 2. The van der Waals surface area contributed by atoms with Crippen molar-refractivity contribution >= 4 is 22.7 Å². The number of non-ortho nitro benzene ring substituents is 1. The molecule has 0 saturated heterocycles. The number of nitrogens with one attached hydrogen (secondary N) is 2. The number of anilines is 3. The lowest BCUT2D eigenvalue weighted by Crippen LogP contribution is -2.02. The van der Waals surface area contributed by atoms with Crippen molar-refractivity contribution in [1.29, 1.82) is 0 Å². The highest BCUT2D eigenvalue weighted by Gasteiger charge is 2.11. The lowest BCUT2D eigenvalue weighted by Gasteiger charge is -2.10. The van der Waals surface area contributed by atoms with Crippen LogP contribution in [0.25, 0.3) is 0 Å². The first-order chi connectivity index (χ1) is 10.1.